The first kappa shape index (κ1) is 23.9. The zero-order valence-corrected chi connectivity index (χ0v) is 20.0. The topological polar surface area (TPSA) is 78.6 Å². The minimum atomic E-state index is 0. The minimum absolute atomic E-state index is 0. The molecule has 0 amide bonds. The fourth-order valence-corrected chi connectivity index (χ4v) is 3.42. The van der Waals surface area contributed by atoms with E-state index in [0.717, 1.165) is 31.0 Å². The maximum atomic E-state index is 5.91. The van der Waals surface area contributed by atoms with Crippen molar-refractivity contribution >= 4 is 41.5 Å². The molecule has 1 fully saturated rings. The van der Waals surface area contributed by atoms with Gasteiger partial charge in [0.05, 0.1) is 6.54 Å². The zero-order valence-electron chi connectivity index (χ0n) is 16.9. The van der Waals surface area contributed by atoms with Crippen LogP contribution in [-0.2, 0) is 6.54 Å². The fraction of sp³-hybridized carbons (Fsp3) is 0.550. The van der Waals surface area contributed by atoms with Crippen molar-refractivity contribution in [3.8, 4) is 11.4 Å². The molecule has 0 atom stereocenters. The molecule has 29 heavy (non-hydrogen) atoms. The van der Waals surface area contributed by atoms with Crippen molar-refractivity contribution in [2.24, 2.45) is 4.99 Å². The second kappa shape index (κ2) is 13.0. The van der Waals surface area contributed by atoms with E-state index in [2.05, 4.69) is 30.7 Å². The van der Waals surface area contributed by atoms with Crippen LogP contribution in [0.25, 0.3) is 11.4 Å². The van der Waals surface area contributed by atoms with Gasteiger partial charge in [0.2, 0.25) is 11.7 Å². The molecule has 2 N–H and O–H groups in total. The van der Waals surface area contributed by atoms with Crippen molar-refractivity contribution in [1.29, 1.82) is 0 Å². The first-order valence-electron chi connectivity index (χ1n) is 10.00. The summed E-state index contributed by atoms with van der Waals surface area (Å²) in [7, 11) is 1.76. The first-order chi connectivity index (χ1) is 13.7. The van der Waals surface area contributed by atoms with Crippen molar-refractivity contribution in [1.82, 2.24) is 25.7 Å². The van der Waals surface area contributed by atoms with Gasteiger partial charge < -0.3 is 20.1 Å². The summed E-state index contributed by atoms with van der Waals surface area (Å²) in [5.41, 5.74) is 0.871. The molecule has 3 rings (SSSR count). The number of nitrogens with zero attached hydrogens (tertiary/aromatic N) is 4. The van der Waals surface area contributed by atoms with E-state index in [1.165, 1.54) is 38.8 Å². The molecule has 1 aromatic carbocycles. The molecule has 7 nitrogen and oxygen atoms in total. The maximum absolute atomic E-state index is 5.91. The third-order valence-corrected chi connectivity index (χ3v) is 5.10. The number of rotatable bonds is 7. The van der Waals surface area contributed by atoms with E-state index in [1.54, 1.807) is 7.05 Å². The Hall–Kier alpha value is -1.39. The Kier molecular flexibility index (Phi) is 10.7. The van der Waals surface area contributed by atoms with E-state index in [9.17, 15) is 0 Å². The van der Waals surface area contributed by atoms with E-state index >= 15 is 0 Å². The van der Waals surface area contributed by atoms with E-state index in [-0.39, 0.29) is 24.0 Å². The number of likely N-dealkylation sites (tertiary alicyclic amines) is 1. The predicted octanol–water partition coefficient (Wildman–Crippen LogP) is 3.94. The van der Waals surface area contributed by atoms with Crippen molar-refractivity contribution in [3.63, 3.8) is 0 Å². The Bertz CT molecular complexity index is 744. The summed E-state index contributed by atoms with van der Waals surface area (Å²) in [6.45, 7) is 4.92. The van der Waals surface area contributed by atoms with E-state index < -0.39 is 0 Å². The van der Waals surface area contributed by atoms with Gasteiger partial charge in [0.25, 0.3) is 0 Å². The Balaban J connectivity index is 0.00000300. The molecule has 0 unspecified atom stereocenters. The number of hydrogen-bond donors (Lipinski definition) is 2. The van der Waals surface area contributed by atoms with Gasteiger partial charge in [-0.1, -0.05) is 29.6 Å². The van der Waals surface area contributed by atoms with Crippen molar-refractivity contribution < 1.29 is 4.52 Å². The lowest BCUT2D eigenvalue weighted by atomic mass is 10.2. The fourth-order valence-electron chi connectivity index (χ4n) is 3.29. The van der Waals surface area contributed by atoms with E-state index in [4.69, 9.17) is 16.1 Å². The Morgan fingerprint density at radius 1 is 1.14 bits per heavy atom. The third-order valence-electron chi connectivity index (χ3n) is 4.84. The number of benzene rings is 1. The average Bonchev–Trinajstić information content (AvgIpc) is 3.03. The summed E-state index contributed by atoms with van der Waals surface area (Å²) < 4.78 is 5.31. The molecule has 0 bridgehead atoms. The van der Waals surface area contributed by atoms with Gasteiger partial charge >= 0.3 is 0 Å². The highest BCUT2D eigenvalue weighted by molar-refractivity contribution is 14.0. The third kappa shape index (κ3) is 8.10. The van der Waals surface area contributed by atoms with E-state index in [1.807, 2.05) is 24.3 Å². The van der Waals surface area contributed by atoms with Crippen molar-refractivity contribution in [2.75, 3.05) is 33.2 Å². The number of nitrogens with one attached hydrogen (secondary N) is 2. The monoisotopic (exact) mass is 532 g/mol. The summed E-state index contributed by atoms with van der Waals surface area (Å²) in [5.74, 6) is 1.80. The van der Waals surface area contributed by atoms with Crippen LogP contribution < -0.4 is 10.6 Å². The molecule has 0 radical (unpaired) electrons. The van der Waals surface area contributed by atoms with Crippen LogP contribution in [0.3, 0.4) is 0 Å². The molecule has 160 valence electrons. The average molecular weight is 533 g/mol. The Morgan fingerprint density at radius 3 is 2.55 bits per heavy atom. The number of aromatic nitrogens is 2. The second-order valence-corrected chi connectivity index (χ2v) is 7.42. The molecular weight excluding hydrogens is 503 g/mol. The number of halogens is 2. The molecule has 9 heteroatoms. The lowest BCUT2D eigenvalue weighted by molar-refractivity contribution is 0.282. The first-order valence-corrected chi connectivity index (χ1v) is 10.4. The summed E-state index contributed by atoms with van der Waals surface area (Å²) in [6.07, 6.45) is 6.51. The highest BCUT2D eigenvalue weighted by Gasteiger charge is 2.10. The van der Waals surface area contributed by atoms with Gasteiger partial charge in [0.1, 0.15) is 0 Å². The molecule has 1 aliphatic rings. The molecule has 2 aromatic rings. The largest absolute Gasteiger partial charge is 0.356 e. The lowest BCUT2D eigenvalue weighted by Crippen LogP contribution is -2.38. The minimum Gasteiger partial charge on any atom is -0.356 e. The number of aliphatic imine (C=N–C) groups is 1. The van der Waals surface area contributed by atoms with Gasteiger partial charge in [0, 0.05) is 24.2 Å². The number of guanidine groups is 1. The molecular formula is C20H30ClIN6O. The van der Waals surface area contributed by atoms with Crippen LogP contribution in [0.15, 0.2) is 33.8 Å². The Labute approximate surface area is 194 Å². The van der Waals surface area contributed by atoms with Gasteiger partial charge in [-0.05, 0) is 63.2 Å². The van der Waals surface area contributed by atoms with Crippen LogP contribution in [0.2, 0.25) is 5.02 Å². The van der Waals surface area contributed by atoms with Crippen LogP contribution in [-0.4, -0.2) is 54.2 Å². The van der Waals surface area contributed by atoms with Gasteiger partial charge in [-0.15, -0.1) is 24.0 Å². The summed E-state index contributed by atoms with van der Waals surface area (Å²) >= 11 is 5.91. The highest BCUT2D eigenvalue weighted by atomic mass is 127. The Morgan fingerprint density at radius 2 is 1.86 bits per heavy atom. The lowest BCUT2D eigenvalue weighted by Gasteiger charge is -2.19. The predicted molar refractivity (Wildman–Crippen MR) is 128 cm³/mol. The van der Waals surface area contributed by atoms with Crippen LogP contribution in [0.5, 0.6) is 0 Å². The van der Waals surface area contributed by atoms with Crippen LogP contribution in [0.4, 0.5) is 0 Å². The number of hydrogen-bond acceptors (Lipinski definition) is 5. The van der Waals surface area contributed by atoms with Gasteiger partial charge in [-0.2, -0.15) is 4.98 Å². The van der Waals surface area contributed by atoms with Crippen molar-refractivity contribution in [2.45, 2.75) is 38.6 Å². The molecule has 0 spiro atoms. The standard InChI is InChI=1S/C20H29ClN6O.HI/c1-22-20(23-11-6-14-27-12-4-2-3-5-13-27)24-15-18-25-19(26-28-18)16-7-9-17(21)10-8-16;/h7-10H,2-6,11-15H2,1H3,(H2,22,23,24);1H. The van der Waals surface area contributed by atoms with E-state index in [0.29, 0.717) is 23.3 Å². The molecule has 0 saturated carbocycles. The smallest absolute Gasteiger partial charge is 0.246 e. The van der Waals surface area contributed by atoms with Gasteiger partial charge in [-0.3, -0.25) is 4.99 Å². The second-order valence-electron chi connectivity index (χ2n) is 6.98. The SMILES string of the molecule is CN=C(NCCCN1CCCCCC1)NCc1nc(-c2ccc(Cl)cc2)no1.I. The molecule has 0 aliphatic carbocycles. The van der Waals surface area contributed by atoms with Crippen LogP contribution in [0, 0.1) is 0 Å². The molecule has 2 heterocycles. The quantitative estimate of drug-likeness (QED) is 0.243. The molecule has 1 saturated heterocycles. The summed E-state index contributed by atoms with van der Waals surface area (Å²) in [5, 5.41) is 11.3. The molecule has 1 aromatic heterocycles. The van der Waals surface area contributed by atoms with Crippen LogP contribution >= 0.6 is 35.6 Å². The maximum Gasteiger partial charge on any atom is 0.246 e. The van der Waals surface area contributed by atoms with Gasteiger partial charge in [-0.25, -0.2) is 0 Å². The van der Waals surface area contributed by atoms with Gasteiger partial charge in [0.15, 0.2) is 5.96 Å². The normalized spacial score (nSPS) is 15.4. The van der Waals surface area contributed by atoms with Crippen molar-refractivity contribution in [3.05, 3.63) is 35.2 Å². The zero-order chi connectivity index (χ0) is 19.6. The highest BCUT2D eigenvalue weighted by Crippen LogP contribution is 2.18. The van der Waals surface area contributed by atoms with Crippen LogP contribution in [0.1, 0.15) is 38.0 Å². The molecule has 1 aliphatic heterocycles. The summed E-state index contributed by atoms with van der Waals surface area (Å²) in [4.78, 5) is 11.2. The summed E-state index contributed by atoms with van der Waals surface area (Å²) in [6, 6.07) is 7.36.